The van der Waals surface area contributed by atoms with E-state index in [2.05, 4.69) is 36.1 Å². The molecule has 1 fully saturated rings. The van der Waals surface area contributed by atoms with Crippen LogP contribution in [0.15, 0.2) is 22.7 Å². The number of aromatic nitrogens is 2. The van der Waals surface area contributed by atoms with Crippen LogP contribution in [-0.2, 0) is 10.3 Å². The molecule has 1 aromatic carbocycles. The fraction of sp³-hybridized carbons (Fsp3) is 0.467. The summed E-state index contributed by atoms with van der Waals surface area (Å²) in [6.07, 6.45) is 3.09. The summed E-state index contributed by atoms with van der Waals surface area (Å²) in [5.74, 6) is 1.25. The third kappa shape index (κ3) is 1.96. The maximum atomic E-state index is 5.57. The van der Waals surface area contributed by atoms with E-state index >= 15 is 0 Å². The minimum absolute atomic E-state index is 0.318. The van der Waals surface area contributed by atoms with Crippen molar-refractivity contribution in [1.29, 1.82) is 0 Å². The van der Waals surface area contributed by atoms with Gasteiger partial charge in [-0.2, -0.15) is 4.98 Å². The predicted octanol–water partition coefficient (Wildman–Crippen LogP) is 3.38. The second-order valence-corrected chi connectivity index (χ2v) is 5.27. The van der Waals surface area contributed by atoms with Crippen molar-refractivity contribution in [2.75, 3.05) is 7.11 Å². The number of methoxy groups -OCH3 is 1. The molecule has 1 aliphatic carbocycles. The quantitative estimate of drug-likeness (QED) is 0.846. The van der Waals surface area contributed by atoms with Gasteiger partial charge in [0.05, 0.1) is 0 Å². The van der Waals surface area contributed by atoms with Crippen molar-refractivity contribution < 1.29 is 9.26 Å². The van der Waals surface area contributed by atoms with Crippen LogP contribution in [0.1, 0.15) is 36.2 Å². The zero-order valence-electron chi connectivity index (χ0n) is 11.6. The van der Waals surface area contributed by atoms with E-state index in [1.165, 1.54) is 11.1 Å². The number of benzene rings is 1. The molecule has 0 atom stereocenters. The molecule has 0 unspecified atom stereocenters. The summed E-state index contributed by atoms with van der Waals surface area (Å²) in [4.78, 5) is 4.51. The summed E-state index contributed by atoms with van der Waals surface area (Å²) in [5, 5.41) is 4.10. The molecule has 4 nitrogen and oxygen atoms in total. The van der Waals surface area contributed by atoms with Gasteiger partial charge in [-0.25, -0.2) is 0 Å². The summed E-state index contributed by atoms with van der Waals surface area (Å²) in [6.45, 7) is 4.17. The Balaban J connectivity index is 1.94. The van der Waals surface area contributed by atoms with Crippen LogP contribution in [0.25, 0.3) is 11.5 Å². The second-order valence-electron chi connectivity index (χ2n) is 5.27. The van der Waals surface area contributed by atoms with Gasteiger partial charge in [0.25, 0.3) is 5.89 Å². The van der Waals surface area contributed by atoms with Crippen molar-refractivity contribution in [2.45, 2.75) is 38.7 Å². The monoisotopic (exact) mass is 258 g/mol. The van der Waals surface area contributed by atoms with E-state index in [1.807, 2.05) is 6.07 Å². The zero-order valence-corrected chi connectivity index (χ0v) is 11.6. The standard InChI is InChI=1S/C15H18N2O2/c1-10-5-6-12(9-11(10)2)13-16-14(17-19-13)15(18-3)7-4-8-15/h5-6,9H,4,7-8H2,1-3H3. The molecule has 1 aliphatic rings. The molecule has 1 saturated carbocycles. The molecule has 0 radical (unpaired) electrons. The SMILES string of the molecule is COC1(c2noc(-c3ccc(C)c(C)c3)n2)CCC1. The van der Waals surface area contributed by atoms with Crippen LogP contribution in [0.5, 0.6) is 0 Å². The van der Waals surface area contributed by atoms with Gasteiger partial charge in [-0.05, 0) is 56.4 Å². The van der Waals surface area contributed by atoms with E-state index in [-0.39, 0.29) is 5.60 Å². The summed E-state index contributed by atoms with van der Waals surface area (Å²) < 4.78 is 11.0. The summed E-state index contributed by atoms with van der Waals surface area (Å²) in [6, 6.07) is 6.16. The Bertz CT molecular complexity index is 594. The number of ether oxygens (including phenoxy) is 1. The lowest BCUT2D eigenvalue weighted by Crippen LogP contribution is -2.37. The Kier molecular flexibility index (Phi) is 2.90. The van der Waals surface area contributed by atoms with E-state index in [0.29, 0.717) is 11.7 Å². The van der Waals surface area contributed by atoms with Gasteiger partial charge in [0.2, 0.25) is 5.82 Å². The Hall–Kier alpha value is -1.68. The molecule has 1 aromatic heterocycles. The number of hydrogen-bond acceptors (Lipinski definition) is 4. The highest BCUT2D eigenvalue weighted by molar-refractivity contribution is 5.55. The Morgan fingerprint density at radius 1 is 1.21 bits per heavy atom. The molecule has 0 amide bonds. The third-order valence-corrected chi connectivity index (χ3v) is 4.14. The lowest BCUT2D eigenvalue weighted by molar-refractivity contribution is -0.0858. The smallest absolute Gasteiger partial charge is 0.258 e. The van der Waals surface area contributed by atoms with E-state index in [9.17, 15) is 0 Å². The minimum Gasteiger partial charge on any atom is -0.370 e. The molecule has 1 heterocycles. The van der Waals surface area contributed by atoms with Crippen molar-refractivity contribution >= 4 is 0 Å². The van der Waals surface area contributed by atoms with Gasteiger partial charge in [0.1, 0.15) is 5.60 Å². The van der Waals surface area contributed by atoms with Crippen LogP contribution in [0.4, 0.5) is 0 Å². The molecule has 19 heavy (non-hydrogen) atoms. The number of hydrogen-bond donors (Lipinski definition) is 0. The molecular weight excluding hydrogens is 240 g/mol. The van der Waals surface area contributed by atoms with E-state index in [1.54, 1.807) is 7.11 Å². The highest BCUT2D eigenvalue weighted by Gasteiger charge is 2.43. The molecule has 0 N–H and O–H groups in total. The van der Waals surface area contributed by atoms with E-state index in [4.69, 9.17) is 9.26 Å². The molecule has 0 spiro atoms. The first-order valence-corrected chi connectivity index (χ1v) is 6.62. The van der Waals surface area contributed by atoms with Crippen LogP contribution in [0.3, 0.4) is 0 Å². The van der Waals surface area contributed by atoms with Crippen LogP contribution in [0, 0.1) is 13.8 Å². The molecule has 4 heteroatoms. The van der Waals surface area contributed by atoms with Crippen molar-refractivity contribution in [2.24, 2.45) is 0 Å². The minimum atomic E-state index is -0.318. The summed E-state index contributed by atoms with van der Waals surface area (Å²) >= 11 is 0. The van der Waals surface area contributed by atoms with Crippen molar-refractivity contribution in [1.82, 2.24) is 10.1 Å². The lowest BCUT2D eigenvalue weighted by Gasteiger charge is -2.37. The van der Waals surface area contributed by atoms with Crippen molar-refractivity contribution in [3.8, 4) is 11.5 Å². The van der Waals surface area contributed by atoms with Gasteiger partial charge < -0.3 is 9.26 Å². The maximum absolute atomic E-state index is 5.57. The zero-order chi connectivity index (χ0) is 13.5. The highest BCUT2D eigenvalue weighted by Crippen LogP contribution is 2.43. The van der Waals surface area contributed by atoms with E-state index in [0.717, 1.165) is 24.8 Å². The van der Waals surface area contributed by atoms with Gasteiger partial charge >= 0.3 is 0 Å². The Labute approximate surface area is 112 Å². The first kappa shape index (κ1) is 12.4. The fourth-order valence-electron chi connectivity index (χ4n) is 2.42. The largest absolute Gasteiger partial charge is 0.370 e. The third-order valence-electron chi connectivity index (χ3n) is 4.14. The fourth-order valence-corrected chi connectivity index (χ4v) is 2.42. The molecular formula is C15H18N2O2. The molecule has 0 saturated heterocycles. The number of aryl methyl sites for hydroxylation is 2. The average molecular weight is 258 g/mol. The van der Waals surface area contributed by atoms with E-state index < -0.39 is 0 Å². The van der Waals surface area contributed by atoms with Crippen molar-refractivity contribution in [3.63, 3.8) is 0 Å². The topological polar surface area (TPSA) is 48.2 Å². The number of rotatable bonds is 3. The van der Waals surface area contributed by atoms with Crippen LogP contribution in [-0.4, -0.2) is 17.3 Å². The Morgan fingerprint density at radius 3 is 2.58 bits per heavy atom. The molecule has 100 valence electrons. The van der Waals surface area contributed by atoms with Crippen molar-refractivity contribution in [3.05, 3.63) is 35.2 Å². The van der Waals surface area contributed by atoms with Gasteiger partial charge in [0.15, 0.2) is 0 Å². The first-order valence-electron chi connectivity index (χ1n) is 6.62. The molecule has 3 rings (SSSR count). The normalized spacial score (nSPS) is 17.2. The van der Waals surface area contributed by atoms with Gasteiger partial charge in [-0.1, -0.05) is 11.2 Å². The highest BCUT2D eigenvalue weighted by atomic mass is 16.5. The predicted molar refractivity (Wildman–Crippen MR) is 71.7 cm³/mol. The Morgan fingerprint density at radius 2 is 2.00 bits per heavy atom. The maximum Gasteiger partial charge on any atom is 0.258 e. The summed E-state index contributed by atoms with van der Waals surface area (Å²) in [7, 11) is 1.71. The molecule has 0 bridgehead atoms. The average Bonchev–Trinajstić information content (AvgIpc) is 2.82. The van der Waals surface area contributed by atoms with Gasteiger partial charge in [-0.3, -0.25) is 0 Å². The molecule has 2 aromatic rings. The van der Waals surface area contributed by atoms with Crippen LogP contribution >= 0.6 is 0 Å². The van der Waals surface area contributed by atoms with Gasteiger partial charge in [-0.15, -0.1) is 0 Å². The lowest BCUT2D eigenvalue weighted by atomic mass is 9.79. The summed E-state index contributed by atoms with van der Waals surface area (Å²) in [5.41, 5.74) is 3.13. The van der Waals surface area contributed by atoms with Gasteiger partial charge in [0, 0.05) is 12.7 Å². The first-order chi connectivity index (χ1) is 9.14. The van der Waals surface area contributed by atoms with Crippen LogP contribution in [0.2, 0.25) is 0 Å². The number of nitrogens with zero attached hydrogens (tertiary/aromatic N) is 2. The molecule has 0 aliphatic heterocycles. The second kappa shape index (κ2) is 4.46. The van der Waals surface area contributed by atoms with Crippen LogP contribution < -0.4 is 0 Å².